The quantitative estimate of drug-likeness (QED) is 0.744. The van der Waals surface area contributed by atoms with Gasteiger partial charge in [0.05, 0.1) is 17.0 Å². The first-order valence-electron chi connectivity index (χ1n) is 4.50. The summed E-state index contributed by atoms with van der Waals surface area (Å²) in [7, 11) is 0. The van der Waals surface area contributed by atoms with Crippen LogP contribution in [0.15, 0.2) is 0 Å². The van der Waals surface area contributed by atoms with E-state index in [1.807, 2.05) is 13.8 Å². The Kier molecular flexibility index (Phi) is 2.71. The molecule has 1 aromatic rings. The predicted molar refractivity (Wildman–Crippen MR) is 50.4 cm³/mol. The van der Waals surface area contributed by atoms with Crippen LogP contribution in [-0.4, -0.2) is 26.1 Å². The fourth-order valence-corrected chi connectivity index (χ4v) is 1.60. The largest absolute Gasteiger partial charge is 0.390 e. The number of aromatic nitrogens is 3. The molecule has 0 saturated heterocycles. The molecule has 0 radical (unpaired) electrons. The number of hydrogen-bond donors (Lipinski definition) is 2. The van der Waals surface area contributed by atoms with Crippen LogP contribution in [0, 0.1) is 6.92 Å². The van der Waals surface area contributed by atoms with Crippen molar-refractivity contribution < 1.29 is 5.11 Å². The maximum Gasteiger partial charge on any atom is 0.0882 e. The highest BCUT2D eigenvalue weighted by atomic mass is 16.3. The van der Waals surface area contributed by atoms with Crippen LogP contribution < -0.4 is 0 Å². The van der Waals surface area contributed by atoms with Crippen molar-refractivity contribution in [2.24, 2.45) is 0 Å². The number of H-pyrrole nitrogens is 1. The van der Waals surface area contributed by atoms with Crippen LogP contribution in [0.1, 0.15) is 44.5 Å². The van der Waals surface area contributed by atoms with Crippen molar-refractivity contribution in [1.82, 2.24) is 15.4 Å². The second kappa shape index (κ2) is 3.46. The van der Waals surface area contributed by atoms with Crippen molar-refractivity contribution >= 4 is 0 Å². The first kappa shape index (κ1) is 10.2. The van der Waals surface area contributed by atoms with E-state index in [1.165, 1.54) is 0 Å². The molecule has 0 aliphatic rings. The molecular weight excluding hydrogens is 166 g/mol. The lowest BCUT2D eigenvalue weighted by atomic mass is 9.92. The van der Waals surface area contributed by atoms with Crippen LogP contribution in [0.2, 0.25) is 0 Å². The zero-order valence-corrected chi connectivity index (χ0v) is 8.63. The molecule has 0 amide bonds. The van der Waals surface area contributed by atoms with Crippen LogP contribution >= 0.6 is 0 Å². The number of aryl methyl sites for hydroxylation is 1. The maximum absolute atomic E-state index is 9.62. The Morgan fingerprint density at radius 2 is 2.15 bits per heavy atom. The Hall–Kier alpha value is -0.900. The topological polar surface area (TPSA) is 61.8 Å². The number of nitrogens with one attached hydrogen (secondary N) is 1. The molecule has 1 aromatic heterocycles. The van der Waals surface area contributed by atoms with Crippen molar-refractivity contribution in [3.8, 4) is 0 Å². The summed E-state index contributed by atoms with van der Waals surface area (Å²) >= 11 is 0. The molecule has 74 valence electrons. The average Bonchev–Trinajstić information content (AvgIpc) is 2.30. The lowest BCUT2D eigenvalue weighted by Gasteiger charge is -2.20. The summed E-state index contributed by atoms with van der Waals surface area (Å²) in [5.74, 6) is 0.235. The van der Waals surface area contributed by atoms with Gasteiger partial charge in [-0.15, -0.1) is 5.10 Å². The summed E-state index contributed by atoms with van der Waals surface area (Å²) in [5.41, 5.74) is 1.28. The molecule has 0 aliphatic carbocycles. The van der Waals surface area contributed by atoms with Crippen molar-refractivity contribution in [2.45, 2.75) is 45.6 Å². The van der Waals surface area contributed by atoms with Gasteiger partial charge in [-0.2, -0.15) is 0 Å². The molecular formula is C9H17N3O. The lowest BCUT2D eigenvalue weighted by molar-refractivity contribution is 0.0643. The molecule has 1 rings (SSSR count). The van der Waals surface area contributed by atoms with Gasteiger partial charge >= 0.3 is 0 Å². The minimum Gasteiger partial charge on any atom is -0.390 e. The maximum atomic E-state index is 9.62. The Morgan fingerprint density at radius 1 is 1.54 bits per heavy atom. The molecule has 1 unspecified atom stereocenters. The molecule has 4 nitrogen and oxygen atoms in total. The summed E-state index contributed by atoms with van der Waals surface area (Å²) in [6.45, 7) is 7.59. The summed E-state index contributed by atoms with van der Waals surface area (Å²) in [6, 6.07) is 0. The zero-order valence-electron chi connectivity index (χ0n) is 8.63. The lowest BCUT2D eigenvalue weighted by Crippen LogP contribution is -2.21. The van der Waals surface area contributed by atoms with Gasteiger partial charge in [-0.1, -0.05) is 12.1 Å². The third-order valence-electron chi connectivity index (χ3n) is 2.03. The molecule has 0 bridgehead atoms. The highest BCUT2D eigenvalue weighted by Gasteiger charge is 2.21. The predicted octanol–water partition coefficient (Wildman–Crippen LogP) is 1.38. The molecule has 13 heavy (non-hydrogen) atoms. The van der Waals surface area contributed by atoms with E-state index in [0.29, 0.717) is 6.42 Å². The SMILES string of the molecule is Cc1[nH]nnc1C(C)CC(C)(C)O. The summed E-state index contributed by atoms with van der Waals surface area (Å²) in [4.78, 5) is 0. The molecule has 0 spiro atoms. The van der Waals surface area contributed by atoms with E-state index in [2.05, 4.69) is 15.4 Å². The molecule has 1 heterocycles. The minimum absolute atomic E-state index is 0.235. The minimum atomic E-state index is -0.648. The molecule has 0 aliphatic heterocycles. The van der Waals surface area contributed by atoms with E-state index in [9.17, 15) is 5.11 Å². The Morgan fingerprint density at radius 3 is 2.54 bits per heavy atom. The number of nitrogens with zero attached hydrogens (tertiary/aromatic N) is 2. The van der Waals surface area contributed by atoms with Gasteiger partial charge in [0, 0.05) is 5.92 Å². The number of aromatic amines is 1. The van der Waals surface area contributed by atoms with E-state index >= 15 is 0 Å². The van der Waals surface area contributed by atoms with E-state index in [-0.39, 0.29) is 5.92 Å². The monoisotopic (exact) mass is 183 g/mol. The normalized spacial score (nSPS) is 14.5. The zero-order chi connectivity index (χ0) is 10.1. The van der Waals surface area contributed by atoms with Crippen LogP contribution in [0.3, 0.4) is 0 Å². The van der Waals surface area contributed by atoms with Crippen molar-refractivity contribution in [1.29, 1.82) is 0 Å². The number of aliphatic hydroxyl groups is 1. The molecule has 2 N–H and O–H groups in total. The van der Waals surface area contributed by atoms with Gasteiger partial charge < -0.3 is 5.11 Å². The van der Waals surface area contributed by atoms with Crippen LogP contribution in [0.4, 0.5) is 0 Å². The van der Waals surface area contributed by atoms with E-state index in [0.717, 1.165) is 11.4 Å². The van der Waals surface area contributed by atoms with E-state index in [1.54, 1.807) is 13.8 Å². The van der Waals surface area contributed by atoms with Gasteiger partial charge in [-0.25, -0.2) is 0 Å². The summed E-state index contributed by atoms with van der Waals surface area (Å²) in [6.07, 6.45) is 0.695. The van der Waals surface area contributed by atoms with Crippen LogP contribution in [-0.2, 0) is 0 Å². The molecule has 1 atom stereocenters. The molecule has 0 saturated carbocycles. The fraction of sp³-hybridized carbons (Fsp3) is 0.778. The van der Waals surface area contributed by atoms with Crippen LogP contribution in [0.25, 0.3) is 0 Å². The molecule has 0 fully saturated rings. The highest BCUT2D eigenvalue weighted by molar-refractivity contribution is 5.11. The first-order chi connectivity index (χ1) is 5.90. The van der Waals surface area contributed by atoms with Crippen LogP contribution in [0.5, 0.6) is 0 Å². The number of hydrogen-bond acceptors (Lipinski definition) is 3. The Balaban J connectivity index is 2.69. The van der Waals surface area contributed by atoms with Gasteiger partial charge in [0.2, 0.25) is 0 Å². The van der Waals surface area contributed by atoms with Gasteiger partial charge in [-0.3, -0.25) is 5.10 Å². The Bertz CT molecular complexity index is 275. The van der Waals surface area contributed by atoms with Gasteiger partial charge in [0.25, 0.3) is 0 Å². The molecule has 0 aromatic carbocycles. The van der Waals surface area contributed by atoms with Crippen molar-refractivity contribution in [2.75, 3.05) is 0 Å². The smallest absolute Gasteiger partial charge is 0.0882 e. The average molecular weight is 183 g/mol. The second-order valence-electron chi connectivity index (χ2n) is 4.24. The first-order valence-corrected chi connectivity index (χ1v) is 4.50. The summed E-state index contributed by atoms with van der Waals surface area (Å²) in [5, 5.41) is 20.1. The third-order valence-corrected chi connectivity index (χ3v) is 2.03. The van der Waals surface area contributed by atoms with E-state index in [4.69, 9.17) is 0 Å². The third kappa shape index (κ3) is 2.81. The second-order valence-corrected chi connectivity index (χ2v) is 4.24. The van der Waals surface area contributed by atoms with E-state index < -0.39 is 5.60 Å². The highest BCUT2D eigenvalue weighted by Crippen LogP contribution is 2.24. The van der Waals surface area contributed by atoms with Crippen molar-refractivity contribution in [3.05, 3.63) is 11.4 Å². The van der Waals surface area contributed by atoms with Gasteiger partial charge in [-0.05, 0) is 27.2 Å². The van der Waals surface area contributed by atoms with Gasteiger partial charge in [0.15, 0.2) is 0 Å². The summed E-state index contributed by atoms with van der Waals surface area (Å²) < 4.78 is 0. The van der Waals surface area contributed by atoms with Gasteiger partial charge in [0.1, 0.15) is 0 Å². The standard InChI is InChI=1S/C9H17N3O/c1-6(5-9(3,4)13)8-7(2)10-12-11-8/h6,13H,5H2,1-4H3,(H,10,11,12). The number of rotatable bonds is 3. The fourth-order valence-electron chi connectivity index (χ4n) is 1.60. The Labute approximate surface area is 78.4 Å². The van der Waals surface area contributed by atoms with Crippen molar-refractivity contribution in [3.63, 3.8) is 0 Å². The molecule has 4 heteroatoms.